The van der Waals surface area contributed by atoms with Gasteiger partial charge in [0, 0.05) is 37.2 Å². The summed E-state index contributed by atoms with van der Waals surface area (Å²) < 4.78 is 21.3. The van der Waals surface area contributed by atoms with Gasteiger partial charge in [-0.1, -0.05) is 31.5 Å². The SMILES string of the molecule is CC(C)c1nn(C2CC3(C2)CN(C2COCCOC2)C3)cc1Nc1ncc(-c2ccc(Cl)c(O[C@@H](C)Cn3cnnn3)c2)cn1. The number of ether oxygens (including phenoxy) is 3. The number of likely N-dealkylation sites (tertiary alicyclic amines) is 1. The number of halogens is 1. The lowest BCUT2D eigenvalue weighted by Crippen LogP contribution is -2.66. The third kappa shape index (κ3) is 6.53. The van der Waals surface area contributed by atoms with Gasteiger partial charge in [-0.25, -0.2) is 14.6 Å². The number of aromatic nitrogens is 8. The Morgan fingerprint density at radius 3 is 2.49 bits per heavy atom. The molecule has 45 heavy (non-hydrogen) atoms. The molecule has 14 heteroatoms. The largest absolute Gasteiger partial charge is 0.487 e. The van der Waals surface area contributed by atoms with Crippen LogP contribution in [-0.2, 0) is 16.0 Å². The van der Waals surface area contributed by atoms with Crippen molar-refractivity contribution in [3.05, 3.63) is 53.8 Å². The van der Waals surface area contributed by atoms with Gasteiger partial charge in [0.25, 0.3) is 0 Å². The van der Waals surface area contributed by atoms with Crippen molar-refractivity contribution in [3.63, 3.8) is 0 Å². The lowest BCUT2D eigenvalue weighted by molar-refractivity contribution is -0.124. The Morgan fingerprint density at radius 2 is 1.80 bits per heavy atom. The van der Waals surface area contributed by atoms with Crippen LogP contribution in [0.3, 0.4) is 0 Å². The highest BCUT2D eigenvalue weighted by molar-refractivity contribution is 6.32. The molecule has 0 amide bonds. The van der Waals surface area contributed by atoms with E-state index in [4.69, 9.17) is 30.9 Å². The molecular formula is C31H39ClN10O3. The molecule has 4 aromatic rings. The van der Waals surface area contributed by atoms with Crippen LogP contribution >= 0.6 is 11.6 Å². The molecule has 3 aliphatic rings. The number of benzene rings is 1. The van der Waals surface area contributed by atoms with Gasteiger partial charge in [-0.3, -0.25) is 9.58 Å². The fourth-order valence-electron chi connectivity index (χ4n) is 6.61. The highest BCUT2D eigenvalue weighted by Gasteiger charge is 2.54. The standard InChI is InChI=1S/C31H39ClN10O3/c1-20(2)29-27(14-42(37-29)24-9-31(10-24)17-40(18-31)25-15-43-6-7-44-16-25)36-30-33-11-23(12-34-30)22-4-5-26(32)28(8-22)45-21(3)13-41-19-35-38-39-41/h4-5,8,11-12,14,19-21,24-25H,6-7,9-10,13,15-18H2,1-3H3,(H,33,34,36)/t21-/m0/s1. The summed E-state index contributed by atoms with van der Waals surface area (Å²) in [6, 6.07) is 6.43. The molecule has 0 unspecified atom stereocenters. The van der Waals surface area contributed by atoms with Crippen molar-refractivity contribution in [2.75, 3.05) is 44.8 Å². The van der Waals surface area contributed by atoms with Crippen LogP contribution in [0.5, 0.6) is 5.75 Å². The molecule has 7 rings (SSSR count). The van der Waals surface area contributed by atoms with Gasteiger partial charge in [-0.05, 0) is 59.2 Å². The Balaban J connectivity index is 0.979. The van der Waals surface area contributed by atoms with Crippen LogP contribution in [0.15, 0.2) is 43.1 Å². The van der Waals surface area contributed by atoms with Crippen molar-refractivity contribution in [1.29, 1.82) is 0 Å². The molecule has 1 aliphatic carbocycles. The van der Waals surface area contributed by atoms with Crippen molar-refractivity contribution < 1.29 is 14.2 Å². The Morgan fingerprint density at radius 1 is 1.04 bits per heavy atom. The zero-order valence-corrected chi connectivity index (χ0v) is 26.6. The summed E-state index contributed by atoms with van der Waals surface area (Å²) in [4.78, 5) is 11.8. The molecular weight excluding hydrogens is 596 g/mol. The van der Waals surface area contributed by atoms with E-state index in [1.54, 1.807) is 23.4 Å². The summed E-state index contributed by atoms with van der Waals surface area (Å²) in [5.74, 6) is 1.35. The second kappa shape index (κ2) is 12.6. The van der Waals surface area contributed by atoms with Crippen molar-refractivity contribution in [3.8, 4) is 16.9 Å². The topological polar surface area (TPSA) is 130 Å². The molecule has 1 N–H and O–H groups in total. The van der Waals surface area contributed by atoms with E-state index in [0.717, 1.165) is 61.7 Å². The van der Waals surface area contributed by atoms with Crippen molar-refractivity contribution in [2.45, 2.75) is 64.3 Å². The monoisotopic (exact) mass is 634 g/mol. The van der Waals surface area contributed by atoms with E-state index in [9.17, 15) is 0 Å². The van der Waals surface area contributed by atoms with Crippen LogP contribution in [0, 0.1) is 5.41 Å². The number of nitrogens with zero attached hydrogens (tertiary/aromatic N) is 9. The molecule has 1 spiro atoms. The van der Waals surface area contributed by atoms with Crippen LogP contribution in [0.1, 0.15) is 51.3 Å². The maximum absolute atomic E-state index is 6.44. The molecule has 238 valence electrons. The van der Waals surface area contributed by atoms with E-state index < -0.39 is 0 Å². The van der Waals surface area contributed by atoms with Gasteiger partial charge in [0.2, 0.25) is 5.95 Å². The molecule has 5 heterocycles. The van der Waals surface area contributed by atoms with Gasteiger partial charge >= 0.3 is 0 Å². The predicted molar refractivity (Wildman–Crippen MR) is 168 cm³/mol. The molecule has 3 aromatic heterocycles. The zero-order valence-electron chi connectivity index (χ0n) is 25.8. The Hall–Kier alpha value is -3.65. The summed E-state index contributed by atoms with van der Waals surface area (Å²) >= 11 is 6.44. The maximum atomic E-state index is 6.44. The van der Waals surface area contributed by atoms with Crippen molar-refractivity contribution >= 4 is 23.2 Å². The quantitative estimate of drug-likeness (QED) is 0.267. The van der Waals surface area contributed by atoms with Crippen LogP contribution in [0.2, 0.25) is 5.02 Å². The fourth-order valence-corrected chi connectivity index (χ4v) is 6.77. The van der Waals surface area contributed by atoms with Gasteiger partial charge < -0.3 is 19.5 Å². The summed E-state index contributed by atoms with van der Waals surface area (Å²) in [6.07, 6.45) is 9.37. The van der Waals surface area contributed by atoms with Crippen molar-refractivity contribution in [2.24, 2.45) is 5.41 Å². The lowest BCUT2D eigenvalue weighted by Gasteiger charge is -2.60. The van der Waals surface area contributed by atoms with Gasteiger partial charge in [-0.2, -0.15) is 5.10 Å². The Labute approximate surface area is 267 Å². The third-order valence-corrected chi connectivity index (χ3v) is 9.24. The molecule has 1 aromatic carbocycles. The van der Waals surface area contributed by atoms with Gasteiger partial charge in [0.1, 0.15) is 18.2 Å². The van der Waals surface area contributed by atoms with E-state index in [1.807, 2.05) is 25.1 Å². The third-order valence-electron chi connectivity index (χ3n) is 8.93. The number of tetrazole rings is 1. The van der Waals surface area contributed by atoms with E-state index in [-0.39, 0.29) is 12.0 Å². The first-order valence-corrected chi connectivity index (χ1v) is 16.0. The van der Waals surface area contributed by atoms with E-state index in [1.165, 1.54) is 0 Å². The number of hydrogen-bond acceptors (Lipinski definition) is 11. The van der Waals surface area contributed by atoms with E-state index in [0.29, 0.717) is 54.0 Å². The summed E-state index contributed by atoms with van der Waals surface area (Å²) in [5, 5.41) is 20.2. The first-order valence-electron chi connectivity index (χ1n) is 15.6. The van der Waals surface area contributed by atoms with E-state index >= 15 is 0 Å². The maximum Gasteiger partial charge on any atom is 0.227 e. The number of hydrogen-bond donors (Lipinski definition) is 1. The van der Waals surface area contributed by atoms with E-state index in [2.05, 4.69) is 60.4 Å². The molecule has 13 nitrogen and oxygen atoms in total. The molecule has 2 saturated heterocycles. The highest BCUT2D eigenvalue weighted by atomic mass is 35.5. The molecule has 3 fully saturated rings. The number of nitrogens with one attached hydrogen (secondary N) is 1. The summed E-state index contributed by atoms with van der Waals surface area (Å²) in [7, 11) is 0. The predicted octanol–water partition coefficient (Wildman–Crippen LogP) is 4.37. The minimum Gasteiger partial charge on any atom is -0.487 e. The Bertz CT molecular complexity index is 1570. The first-order chi connectivity index (χ1) is 21.8. The normalized spacial score (nSPS) is 19.7. The Kier molecular flexibility index (Phi) is 8.42. The van der Waals surface area contributed by atoms with Gasteiger partial charge in [0.05, 0.1) is 61.5 Å². The molecule has 0 radical (unpaired) electrons. The van der Waals surface area contributed by atoms with Crippen LogP contribution < -0.4 is 10.1 Å². The van der Waals surface area contributed by atoms with Crippen LogP contribution in [0.4, 0.5) is 11.6 Å². The van der Waals surface area contributed by atoms with Gasteiger partial charge in [-0.15, -0.1) is 5.10 Å². The lowest BCUT2D eigenvalue weighted by atomic mass is 9.60. The van der Waals surface area contributed by atoms with Crippen LogP contribution in [-0.4, -0.2) is 96.5 Å². The molecule has 1 atom stereocenters. The second-order valence-electron chi connectivity index (χ2n) is 12.9. The zero-order chi connectivity index (χ0) is 31.0. The van der Waals surface area contributed by atoms with Crippen molar-refractivity contribution in [1.82, 2.24) is 44.9 Å². The smallest absolute Gasteiger partial charge is 0.227 e. The number of anilines is 2. The molecule has 1 saturated carbocycles. The minimum absolute atomic E-state index is 0.189. The summed E-state index contributed by atoms with van der Waals surface area (Å²) in [5.41, 5.74) is 4.11. The molecule has 0 bridgehead atoms. The average molecular weight is 635 g/mol. The fraction of sp³-hybridized carbons (Fsp3) is 0.548. The summed E-state index contributed by atoms with van der Waals surface area (Å²) in [6.45, 7) is 11.9. The first kappa shape index (κ1) is 30.0. The van der Waals surface area contributed by atoms with Gasteiger partial charge in [0.15, 0.2) is 0 Å². The minimum atomic E-state index is -0.189. The number of rotatable bonds is 10. The second-order valence-corrected chi connectivity index (χ2v) is 13.3. The average Bonchev–Trinajstić information content (AvgIpc) is 3.56. The van der Waals surface area contributed by atoms with Crippen LogP contribution in [0.25, 0.3) is 11.1 Å². The highest BCUT2D eigenvalue weighted by Crippen LogP contribution is 2.54. The molecule has 2 aliphatic heterocycles.